The Labute approximate surface area is 148 Å². The van der Waals surface area contributed by atoms with E-state index in [4.69, 9.17) is 4.74 Å². The quantitative estimate of drug-likeness (QED) is 0.782. The smallest absolute Gasteiger partial charge is 0.310 e. The SMILES string of the molecule is Cc1ccc(CC(=O)OCC(=O)Nc2ccc(Br)cc2F)cc1C. The molecule has 24 heavy (non-hydrogen) atoms. The molecule has 1 N–H and O–H groups in total. The number of halogens is 2. The van der Waals surface area contributed by atoms with Crippen molar-refractivity contribution in [1.82, 2.24) is 0 Å². The molecule has 0 saturated heterocycles. The fourth-order valence-electron chi connectivity index (χ4n) is 2.05. The highest BCUT2D eigenvalue weighted by molar-refractivity contribution is 9.10. The Morgan fingerprint density at radius 3 is 2.54 bits per heavy atom. The van der Waals surface area contributed by atoms with E-state index in [-0.39, 0.29) is 12.1 Å². The average Bonchev–Trinajstić information content (AvgIpc) is 2.52. The molecule has 2 rings (SSSR count). The number of ether oxygens (including phenoxy) is 1. The van der Waals surface area contributed by atoms with Gasteiger partial charge < -0.3 is 10.1 Å². The molecule has 0 aliphatic heterocycles. The van der Waals surface area contributed by atoms with E-state index >= 15 is 0 Å². The van der Waals surface area contributed by atoms with Gasteiger partial charge in [-0.3, -0.25) is 9.59 Å². The summed E-state index contributed by atoms with van der Waals surface area (Å²) < 4.78 is 19.1. The maximum Gasteiger partial charge on any atom is 0.310 e. The van der Waals surface area contributed by atoms with Crippen LogP contribution in [-0.2, 0) is 20.7 Å². The molecule has 0 bridgehead atoms. The summed E-state index contributed by atoms with van der Waals surface area (Å²) in [6, 6.07) is 9.95. The number of carbonyl (C=O) groups excluding carboxylic acids is 2. The second kappa shape index (κ2) is 8.06. The first kappa shape index (κ1) is 18.1. The van der Waals surface area contributed by atoms with E-state index in [9.17, 15) is 14.0 Å². The highest BCUT2D eigenvalue weighted by Gasteiger charge is 2.11. The number of aryl methyl sites for hydroxylation is 2. The lowest BCUT2D eigenvalue weighted by Gasteiger charge is -2.08. The van der Waals surface area contributed by atoms with Crippen LogP contribution in [0.15, 0.2) is 40.9 Å². The van der Waals surface area contributed by atoms with E-state index in [1.54, 1.807) is 6.07 Å². The first-order valence-electron chi connectivity index (χ1n) is 7.32. The second-order valence-electron chi connectivity index (χ2n) is 5.43. The molecule has 126 valence electrons. The lowest BCUT2D eigenvalue weighted by atomic mass is 10.0. The third-order valence-electron chi connectivity index (χ3n) is 3.49. The molecule has 1 amide bonds. The molecule has 6 heteroatoms. The van der Waals surface area contributed by atoms with Crippen LogP contribution in [0.4, 0.5) is 10.1 Å². The van der Waals surface area contributed by atoms with Crippen LogP contribution in [0.3, 0.4) is 0 Å². The fraction of sp³-hybridized carbons (Fsp3) is 0.222. The predicted octanol–water partition coefficient (Wildman–Crippen LogP) is 3.93. The summed E-state index contributed by atoms with van der Waals surface area (Å²) in [7, 11) is 0. The number of nitrogens with one attached hydrogen (secondary N) is 1. The normalized spacial score (nSPS) is 10.3. The van der Waals surface area contributed by atoms with Crippen LogP contribution in [-0.4, -0.2) is 18.5 Å². The highest BCUT2D eigenvalue weighted by Crippen LogP contribution is 2.19. The van der Waals surface area contributed by atoms with Crippen molar-refractivity contribution < 1.29 is 18.7 Å². The van der Waals surface area contributed by atoms with Gasteiger partial charge in [0.15, 0.2) is 6.61 Å². The molecule has 0 aliphatic carbocycles. The Morgan fingerprint density at radius 2 is 1.88 bits per heavy atom. The molecule has 0 aromatic heterocycles. The molecular formula is C18H17BrFNO3. The minimum Gasteiger partial charge on any atom is -0.455 e. The first-order chi connectivity index (χ1) is 11.3. The Bertz CT molecular complexity index is 777. The van der Waals surface area contributed by atoms with E-state index in [0.29, 0.717) is 4.47 Å². The van der Waals surface area contributed by atoms with E-state index < -0.39 is 24.3 Å². The van der Waals surface area contributed by atoms with Gasteiger partial charge in [0.1, 0.15) is 5.82 Å². The van der Waals surface area contributed by atoms with Gasteiger partial charge in [0.25, 0.3) is 5.91 Å². The lowest BCUT2D eigenvalue weighted by molar-refractivity contribution is -0.146. The van der Waals surface area contributed by atoms with Gasteiger partial charge in [0.2, 0.25) is 0 Å². The Morgan fingerprint density at radius 1 is 1.12 bits per heavy atom. The van der Waals surface area contributed by atoms with Crippen molar-refractivity contribution in [2.24, 2.45) is 0 Å². The van der Waals surface area contributed by atoms with Crippen LogP contribution < -0.4 is 5.32 Å². The average molecular weight is 394 g/mol. The molecule has 0 spiro atoms. The zero-order valence-electron chi connectivity index (χ0n) is 13.4. The van der Waals surface area contributed by atoms with Gasteiger partial charge in [0, 0.05) is 4.47 Å². The number of anilines is 1. The minimum absolute atomic E-state index is 0.0356. The molecule has 0 atom stereocenters. The Balaban J connectivity index is 1.84. The van der Waals surface area contributed by atoms with E-state index in [0.717, 1.165) is 16.7 Å². The molecular weight excluding hydrogens is 377 g/mol. The molecule has 0 aliphatic rings. The molecule has 0 radical (unpaired) electrons. The third-order valence-corrected chi connectivity index (χ3v) is 3.98. The summed E-state index contributed by atoms with van der Waals surface area (Å²) in [5.74, 6) is -1.67. The van der Waals surface area contributed by atoms with Crippen molar-refractivity contribution in [3.63, 3.8) is 0 Å². The summed E-state index contributed by atoms with van der Waals surface area (Å²) in [4.78, 5) is 23.5. The van der Waals surface area contributed by atoms with Crippen LogP contribution in [0.25, 0.3) is 0 Å². The van der Waals surface area contributed by atoms with Crippen molar-refractivity contribution in [2.75, 3.05) is 11.9 Å². The molecule has 2 aromatic carbocycles. The number of hydrogen-bond acceptors (Lipinski definition) is 3. The van der Waals surface area contributed by atoms with Crippen LogP contribution >= 0.6 is 15.9 Å². The Hall–Kier alpha value is -2.21. The third kappa shape index (κ3) is 5.16. The number of carbonyl (C=O) groups is 2. The van der Waals surface area contributed by atoms with Crippen LogP contribution in [0.1, 0.15) is 16.7 Å². The first-order valence-corrected chi connectivity index (χ1v) is 8.11. The lowest BCUT2D eigenvalue weighted by Crippen LogP contribution is -2.22. The molecule has 0 saturated carbocycles. The van der Waals surface area contributed by atoms with Crippen LogP contribution in [0.2, 0.25) is 0 Å². The number of rotatable bonds is 5. The van der Waals surface area contributed by atoms with Crippen molar-refractivity contribution >= 4 is 33.5 Å². The summed E-state index contributed by atoms with van der Waals surface area (Å²) in [5.41, 5.74) is 3.09. The van der Waals surface area contributed by atoms with Gasteiger partial charge in [-0.1, -0.05) is 34.1 Å². The van der Waals surface area contributed by atoms with Crippen molar-refractivity contribution in [1.29, 1.82) is 0 Å². The van der Waals surface area contributed by atoms with E-state index in [2.05, 4.69) is 21.2 Å². The van der Waals surface area contributed by atoms with Gasteiger partial charge in [0.05, 0.1) is 12.1 Å². The highest BCUT2D eigenvalue weighted by atomic mass is 79.9. The monoisotopic (exact) mass is 393 g/mol. The number of benzene rings is 2. The maximum atomic E-state index is 13.6. The largest absolute Gasteiger partial charge is 0.455 e. The summed E-state index contributed by atoms with van der Waals surface area (Å²) in [6.07, 6.45) is 0.0844. The predicted molar refractivity (Wildman–Crippen MR) is 93.3 cm³/mol. The van der Waals surface area contributed by atoms with Gasteiger partial charge in [-0.25, -0.2) is 4.39 Å². The van der Waals surface area contributed by atoms with Crippen molar-refractivity contribution in [2.45, 2.75) is 20.3 Å². The topological polar surface area (TPSA) is 55.4 Å². The van der Waals surface area contributed by atoms with E-state index in [1.807, 2.05) is 32.0 Å². The maximum absolute atomic E-state index is 13.6. The minimum atomic E-state index is -0.593. The van der Waals surface area contributed by atoms with Gasteiger partial charge >= 0.3 is 5.97 Å². The van der Waals surface area contributed by atoms with Gasteiger partial charge in [-0.05, 0) is 48.7 Å². The number of esters is 1. The standard InChI is InChI=1S/C18H17BrFNO3/c1-11-3-4-13(7-12(11)2)8-18(23)24-10-17(22)21-16-6-5-14(19)9-15(16)20/h3-7,9H,8,10H2,1-2H3,(H,21,22). The molecule has 0 unspecified atom stereocenters. The fourth-order valence-corrected chi connectivity index (χ4v) is 2.39. The number of amides is 1. The molecule has 0 heterocycles. The molecule has 4 nitrogen and oxygen atoms in total. The van der Waals surface area contributed by atoms with Gasteiger partial charge in [-0.2, -0.15) is 0 Å². The van der Waals surface area contributed by atoms with E-state index in [1.165, 1.54) is 12.1 Å². The van der Waals surface area contributed by atoms with Gasteiger partial charge in [-0.15, -0.1) is 0 Å². The zero-order valence-corrected chi connectivity index (χ0v) is 14.9. The van der Waals surface area contributed by atoms with Crippen LogP contribution in [0, 0.1) is 19.7 Å². The van der Waals surface area contributed by atoms with Crippen molar-refractivity contribution in [3.8, 4) is 0 Å². The van der Waals surface area contributed by atoms with Crippen LogP contribution in [0.5, 0.6) is 0 Å². The number of hydrogen-bond donors (Lipinski definition) is 1. The molecule has 0 fully saturated rings. The zero-order chi connectivity index (χ0) is 17.7. The van der Waals surface area contributed by atoms with Crippen molar-refractivity contribution in [3.05, 3.63) is 63.4 Å². The summed E-state index contributed by atoms with van der Waals surface area (Å²) in [5, 5.41) is 2.36. The summed E-state index contributed by atoms with van der Waals surface area (Å²) >= 11 is 3.13. The second-order valence-corrected chi connectivity index (χ2v) is 6.34. The summed E-state index contributed by atoms with van der Waals surface area (Å²) in [6.45, 7) is 3.49. The molecule has 2 aromatic rings. The Kier molecular flexibility index (Phi) is 6.09.